The van der Waals surface area contributed by atoms with Crippen molar-refractivity contribution in [3.05, 3.63) is 11.1 Å². The fourth-order valence-corrected chi connectivity index (χ4v) is 1.37. The minimum absolute atomic E-state index is 0.564. The highest BCUT2D eigenvalue weighted by molar-refractivity contribution is 5.25. The molecule has 2 heteroatoms. The van der Waals surface area contributed by atoms with Crippen LogP contribution >= 0.6 is 0 Å². The topological polar surface area (TPSA) is 18.5 Å². The molecule has 0 radical (unpaired) electrons. The summed E-state index contributed by atoms with van der Waals surface area (Å²) in [6.07, 6.45) is 0. The number of hydrogen-bond acceptors (Lipinski definition) is 2. The Balaban J connectivity index is 5.21. The molecule has 0 saturated carbocycles. The maximum absolute atomic E-state index is 7.50. The lowest BCUT2D eigenvalue weighted by molar-refractivity contribution is 0.0110. The van der Waals surface area contributed by atoms with Crippen molar-refractivity contribution in [3.8, 4) is 0 Å². The van der Waals surface area contributed by atoms with Crippen LogP contribution < -0.4 is 0 Å². The second kappa shape index (κ2) is 5.13. The van der Waals surface area contributed by atoms with E-state index in [-0.39, 0.29) is 0 Å². The van der Waals surface area contributed by atoms with Gasteiger partial charge in [-0.2, -0.15) is 0 Å². The van der Waals surface area contributed by atoms with Gasteiger partial charge in [0.05, 0.1) is 15.3 Å². The van der Waals surface area contributed by atoms with Crippen molar-refractivity contribution >= 4 is 0 Å². The van der Waals surface area contributed by atoms with Crippen LogP contribution in [0.25, 0.3) is 0 Å². The van der Waals surface area contributed by atoms with Crippen molar-refractivity contribution in [1.29, 1.82) is 0 Å². The highest BCUT2D eigenvalue weighted by Crippen LogP contribution is 2.30. The second-order valence-electron chi connectivity index (χ2n) is 4.74. The number of rotatable bonds is 5. The minimum Gasteiger partial charge on any atom is -0.374 e. The van der Waals surface area contributed by atoms with E-state index in [1.54, 1.807) is 6.92 Å². The third kappa shape index (κ3) is 3.62. The summed E-state index contributed by atoms with van der Waals surface area (Å²) in [6, 6.07) is 0. The molecule has 0 amide bonds. The van der Waals surface area contributed by atoms with Gasteiger partial charge in [0.25, 0.3) is 0 Å². The van der Waals surface area contributed by atoms with Gasteiger partial charge in [0.2, 0.25) is 0 Å². The third-order valence-electron chi connectivity index (χ3n) is 3.08. The fourth-order valence-electron chi connectivity index (χ4n) is 1.37. The average Bonchev–Trinajstić information content (AvgIpc) is 2.11. The van der Waals surface area contributed by atoms with Crippen molar-refractivity contribution in [1.82, 2.24) is 0 Å². The minimum atomic E-state index is -1.32. The van der Waals surface area contributed by atoms with Crippen molar-refractivity contribution in [2.45, 2.75) is 59.7 Å². The summed E-state index contributed by atoms with van der Waals surface area (Å²) < 4.78 is 32.8. The first-order valence-electron chi connectivity index (χ1n) is 6.94. The van der Waals surface area contributed by atoms with E-state index in [4.69, 9.17) is 13.6 Å². The van der Waals surface area contributed by atoms with Crippen LogP contribution in [-0.2, 0) is 9.47 Å². The summed E-state index contributed by atoms with van der Waals surface area (Å²) in [4.78, 5) is 0. The molecule has 0 aliphatic carbocycles. The van der Waals surface area contributed by atoms with Crippen LogP contribution in [0.2, 0.25) is 0 Å². The van der Waals surface area contributed by atoms with E-state index in [1.807, 2.05) is 41.5 Å². The molecular formula is C13H26O2. The smallest absolute Gasteiger partial charge is 0.0836 e. The summed E-state index contributed by atoms with van der Waals surface area (Å²) in [5.74, 6) is 0. The zero-order chi connectivity index (χ0) is 14.7. The molecule has 1 atom stereocenters. The zero-order valence-electron chi connectivity index (χ0n) is 14.0. The molecule has 0 N–H and O–H groups in total. The Bertz CT molecular complexity index is 277. The Hall–Kier alpha value is -0.340. The maximum Gasteiger partial charge on any atom is 0.0836 e. The molecule has 0 aromatic carbocycles. The molecule has 1 unspecified atom stereocenters. The Kier molecular flexibility index (Phi) is 3.37. The van der Waals surface area contributed by atoms with E-state index < -0.39 is 24.8 Å². The van der Waals surface area contributed by atoms with Crippen molar-refractivity contribution in [3.63, 3.8) is 0 Å². The zero-order valence-corrected chi connectivity index (χ0v) is 11.0. The van der Waals surface area contributed by atoms with Gasteiger partial charge >= 0.3 is 0 Å². The number of ether oxygens (including phenoxy) is 2. The maximum atomic E-state index is 7.50. The van der Waals surface area contributed by atoms with Gasteiger partial charge in [-0.25, -0.2) is 0 Å². The molecule has 0 saturated heterocycles. The predicted molar refractivity (Wildman–Crippen MR) is 65.2 cm³/mol. The predicted octanol–water partition coefficient (Wildman–Crippen LogP) is 3.56. The largest absolute Gasteiger partial charge is 0.374 e. The third-order valence-corrected chi connectivity index (χ3v) is 3.08. The Labute approximate surface area is 98.9 Å². The van der Waals surface area contributed by atoms with E-state index in [0.717, 1.165) is 11.1 Å². The molecule has 90 valence electrons. The summed E-state index contributed by atoms with van der Waals surface area (Å²) in [5, 5.41) is 0. The molecule has 0 aromatic heterocycles. The van der Waals surface area contributed by atoms with Gasteiger partial charge in [-0.05, 0) is 59.6 Å². The van der Waals surface area contributed by atoms with Gasteiger partial charge in [-0.15, -0.1) is 0 Å². The highest BCUT2D eigenvalue weighted by Gasteiger charge is 2.28. The van der Waals surface area contributed by atoms with E-state index in [1.165, 1.54) is 0 Å². The lowest BCUT2D eigenvalue weighted by atomic mass is 9.87. The Morgan fingerprint density at radius 3 is 2.00 bits per heavy atom. The molecule has 0 aliphatic heterocycles. The van der Waals surface area contributed by atoms with Crippen LogP contribution in [0.15, 0.2) is 11.1 Å². The van der Waals surface area contributed by atoms with Gasteiger partial charge in [0.15, 0.2) is 0 Å². The monoisotopic (exact) mass is 217 g/mol. The molecule has 0 spiro atoms. The van der Waals surface area contributed by atoms with Gasteiger partial charge in [0.1, 0.15) is 0 Å². The number of hydrogen-bond donors (Lipinski definition) is 0. The first-order valence-corrected chi connectivity index (χ1v) is 5.21. The van der Waals surface area contributed by atoms with Gasteiger partial charge in [-0.3, -0.25) is 0 Å². The first-order chi connectivity index (χ1) is 7.90. The van der Waals surface area contributed by atoms with E-state index in [2.05, 4.69) is 0 Å². The van der Waals surface area contributed by atoms with E-state index in [0.29, 0.717) is 0 Å². The fraction of sp³-hybridized carbons (Fsp3) is 0.846. The van der Waals surface area contributed by atoms with Crippen LogP contribution in [0, 0.1) is 0 Å². The van der Waals surface area contributed by atoms with Crippen LogP contribution in [0.3, 0.4) is 0 Å². The summed E-state index contributed by atoms with van der Waals surface area (Å²) in [5.41, 5.74) is 0.639. The summed E-state index contributed by atoms with van der Waals surface area (Å²) >= 11 is 0. The van der Waals surface area contributed by atoms with Crippen LogP contribution in [0.5, 0.6) is 0 Å². The molecule has 15 heavy (non-hydrogen) atoms. The number of methoxy groups -OCH3 is 1. The second-order valence-corrected chi connectivity index (χ2v) is 4.74. The molecular weight excluding hydrogens is 188 g/mol. The van der Waals surface area contributed by atoms with Crippen molar-refractivity contribution in [2.75, 3.05) is 13.6 Å². The molecule has 0 rings (SSSR count). The van der Waals surface area contributed by atoms with Gasteiger partial charge in [0, 0.05) is 13.6 Å². The molecule has 0 aromatic rings. The Morgan fingerprint density at radius 1 is 1.13 bits per heavy atom. The lowest BCUT2D eigenvalue weighted by Crippen LogP contribution is -2.32. The van der Waals surface area contributed by atoms with Gasteiger partial charge in [-0.1, -0.05) is 0 Å². The Morgan fingerprint density at radius 2 is 1.60 bits per heavy atom. The standard InChI is InChI=1S/C13H26O2/c1-9-15-13(6,7)11(3)10(2)12(4,5)14-8/h9H2,1-8H3/b11-10-/i8D2,9D. The first kappa shape index (κ1) is 9.86. The quantitative estimate of drug-likeness (QED) is 0.656. The van der Waals surface area contributed by atoms with Crippen molar-refractivity contribution < 1.29 is 13.6 Å². The highest BCUT2D eigenvalue weighted by atomic mass is 16.5. The molecule has 0 fully saturated rings. The molecule has 0 heterocycles. The average molecular weight is 217 g/mol. The van der Waals surface area contributed by atoms with Crippen LogP contribution in [-0.4, -0.2) is 24.8 Å². The van der Waals surface area contributed by atoms with Crippen LogP contribution in [0.1, 0.15) is 52.6 Å². The molecule has 2 nitrogen and oxygen atoms in total. The van der Waals surface area contributed by atoms with E-state index in [9.17, 15) is 0 Å². The SMILES string of the molecule is [2H]C([2H])OC(C)(C)/C(C)=C(/C)C(C)(C)OC([2H])C. The molecule has 0 aliphatic rings. The normalized spacial score (nSPS) is 20.4. The van der Waals surface area contributed by atoms with Crippen LogP contribution in [0.4, 0.5) is 0 Å². The summed E-state index contributed by atoms with van der Waals surface area (Å²) in [6.45, 7) is 12.4. The van der Waals surface area contributed by atoms with E-state index >= 15 is 0 Å². The molecule has 0 bridgehead atoms. The van der Waals surface area contributed by atoms with Gasteiger partial charge < -0.3 is 9.47 Å². The lowest BCUT2D eigenvalue weighted by Gasteiger charge is -2.33. The van der Waals surface area contributed by atoms with Crippen molar-refractivity contribution in [2.24, 2.45) is 0 Å². The summed E-state index contributed by atoms with van der Waals surface area (Å²) in [7, 11) is -1.32.